The third-order valence-corrected chi connectivity index (χ3v) is 4.34. The summed E-state index contributed by atoms with van der Waals surface area (Å²) in [7, 11) is 0. The van der Waals surface area contributed by atoms with Gasteiger partial charge in [-0.15, -0.1) is 10.2 Å². The zero-order chi connectivity index (χ0) is 14.5. The van der Waals surface area contributed by atoms with Crippen LogP contribution in [0.3, 0.4) is 0 Å². The quantitative estimate of drug-likeness (QED) is 0.815. The first-order valence-corrected chi connectivity index (χ1v) is 7.92. The molecule has 0 radical (unpaired) electrons. The lowest BCUT2D eigenvalue weighted by Gasteiger charge is -2.13. The van der Waals surface area contributed by atoms with E-state index in [9.17, 15) is 0 Å². The van der Waals surface area contributed by atoms with Gasteiger partial charge in [-0.3, -0.25) is 0 Å². The molecule has 0 saturated heterocycles. The Labute approximate surface area is 128 Å². The van der Waals surface area contributed by atoms with Crippen LogP contribution in [0.4, 0.5) is 0 Å². The molecule has 108 valence electrons. The van der Waals surface area contributed by atoms with E-state index in [0.29, 0.717) is 17.0 Å². The molecule has 0 amide bonds. The van der Waals surface area contributed by atoms with E-state index in [1.54, 1.807) is 0 Å². The molecule has 20 heavy (non-hydrogen) atoms. The Morgan fingerprint density at radius 1 is 1.40 bits per heavy atom. The van der Waals surface area contributed by atoms with Crippen molar-refractivity contribution in [3.8, 4) is 0 Å². The van der Waals surface area contributed by atoms with Crippen molar-refractivity contribution in [2.24, 2.45) is 11.7 Å². The smallest absolute Gasteiger partial charge is 0.276 e. The molecule has 4 nitrogen and oxygen atoms in total. The van der Waals surface area contributed by atoms with Crippen molar-refractivity contribution in [3.63, 3.8) is 0 Å². The number of nitrogens with zero attached hydrogens (tertiary/aromatic N) is 2. The van der Waals surface area contributed by atoms with Gasteiger partial charge in [-0.2, -0.15) is 0 Å². The van der Waals surface area contributed by atoms with Crippen LogP contribution in [0.5, 0.6) is 0 Å². The fourth-order valence-electron chi connectivity index (χ4n) is 1.68. The number of aromatic nitrogens is 2. The molecule has 2 aromatic rings. The van der Waals surface area contributed by atoms with E-state index in [2.05, 4.69) is 24.0 Å². The van der Waals surface area contributed by atoms with E-state index in [0.717, 1.165) is 22.8 Å². The van der Waals surface area contributed by atoms with E-state index in [-0.39, 0.29) is 6.04 Å². The Morgan fingerprint density at radius 2 is 2.20 bits per heavy atom. The molecular formula is C14H18ClN3OS. The highest BCUT2D eigenvalue weighted by atomic mass is 35.5. The second-order valence-corrected chi connectivity index (χ2v) is 6.10. The molecule has 0 aliphatic rings. The number of hydrogen-bond acceptors (Lipinski definition) is 5. The molecule has 0 fully saturated rings. The second kappa shape index (κ2) is 7.11. The second-order valence-electron chi connectivity index (χ2n) is 4.74. The monoisotopic (exact) mass is 311 g/mol. The lowest BCUT2D eigenvalue weighted by atomic mass is 10.0. The van der Waals surface area contributed by atoms with Crippen molar-refractivity contribution in [1.82, 2.24) is 10.2 Å². The first-order chi connectivity index (χ1) is 9.60. The summed E-state index contributed by atoms with van der Waals surface area (Å²) >= 11 is 7.43. The fourth-order valence-corrected chi connectivity index (χ4v) is 2.61. The molecule has 1 aromatic heterocycles. The summed E-state index contributed by atoms with van der Waals surface area (Å²) in [5.41, 5.74) is 7.19. The molecule has 0 spiro atoms. The number of halogens is 1. The van der Waals surface area contributed by atoms with Crippen molar-refractivity contribution in [2.75, 3.05) is 0 Å². The molecule has 0 aliphatic carbocycles. The first kappa shape index (κ1) is 15.4. The first-order valence-electron chi connectivity index (χ1n) is 6.56. The molecule has 2 N–H and O–H groups in total. The lowest BCUT2D eigenvalue weighted by Crippen LogP contribution is -2.18. The van der Waals surface area contributed by atoms with Crippen LogP contribution in [0.25, 0.3) is 0 Å². The molecule has 0 saturated carbocycles. The van der Waals surface area contributed by atoms with Gasteiger partial charge < -0.3 is 10.2 Å². The normalized spacial score (nSPS) is 14.2. The van der Waals surface area contributed by atoms with Gasteiger partial charge in [0.2, 0.25) is 5.89 Å². The minimum absolute atomic E-state index is 0.201. The average molecular weight is 312 g/mol. The maximum atomic E-state index is 6.07. The molecule has 2 rings (SSSR count). The van der Waals surface area contributed by atoms with Crippen LogP contribution in [-0.4, -0.2) is 10.2 Å². The van der Waals surface area contributed by atoms with E-state index in [1.807, 2.05) is 24.3 Å². The zero-order valence-electron chi connectivity index (χ0n) is 11.5. The summed E-state index contributed by atoms with van der Waals surface area (Å²) in [6.07, 6.45) is 0.981. The van der Waals surface area contributed by atoms with Crippen LogP contribution < -0.4 is 5.73 Å². The lowest BCUT2D eigenvalue weighted by molar-refractivity contribution is 0.333. The predicted octanol–water partition coefficient (Wildman–Crippen LogP) is 4.06. The number of nitrogens with two attached hydrogens (primary N) is 1. The van der Waals surface area contributed by atoms with Crippen LogP contribution in [-0.2, 0) is 5.75 Å². The van der Waals surface area contributed by atoms with Gasteiger partial charge in [-0.1, -0.05) is 55.8 Å². The van der Waals surface area contributed by atoms with E-state index >= 15 is 0 Å². The van der Waals surface area contributed by atoms with Gasteiger partial charge in [0.25, 0.3) is 5.22 Å². The number of rotatable bonds is 6. The number of hydrogen-bond donors (Lipinski definition) is 1. The van der Waals surface area contributed by atoms with Crippen molar-refractivity contribution in [2.45, 2.75) is 37.3 Å². The molecule has 2 atom stereocenters. The summed E-state index contributed by atoms with van der Waals surface area (Å²) in [4.78, 5) is 0. The third kappa shape index (κ3) is 3.98. The highest BCUT2D eigenvalue weighted by Crippen LogP contribution is 2.26. The van der Waals surface area contributed by atoms with Crippen LogP contribution in [0.1, 0.15) is 37.8 Å². The summed E-state index contributed by atoms with van der Waals surface area (Å²) in [6, 6.07) is 7.52. The van der Waals surface area contributed by atoms with Gasteiger partial charge in [0.15, 0.2) is 0 Å². The third-order valence-electron chi connectivity index (χ3n) is 3.22. The Balaban J connectivity index is 1.96. The molecule has 1 heterocycles. The van der Waals surface area contributed by atoms with Gasteiger partial charge >= 0.3 is 0 Å². The number of benzene rings is 1. The van der Waals surface area contributed by atoms with Gasteiger partial charge in [0, 0.05) is 10.8 Å². The van der Waals surface area contributed by atoms with Crippen LogP contribution in [0.15, 0.2) is 33.9 Å². The Hall–Kier alpha value is -1.04. The molecule has 6 heteroatoms. The maximum absolute atomic E-state index is 6.07. The fraction of sp³-hybridized carbons (Fsp3) is 0.429. The molecule has 0 unspecified atom stereocenters. The van der Waals surface area contributed by atoms with Gasteiger partial charge in [-0.05, 0) is 23.6 Å². The summed E-state index contributed by atoms with van der Waals surface area (Å²) in [5.74, 6) is 1.56. The van der Waals surface area contributed by atoms with Crippen molar-refractivity contribution in [1.29, 1.82) is 0 Å². The largest absolute Gasteiger partial charge is 0.414 e. The molecule has 1 aromatic carbocycles. The highest BCUT2D eigenvalue weighted by molar-refractivity contribution is 7.98. The van der Waals surface area contributed by atoms with Crippen LogP contribution in [0.2, 0.25) is 5.02 Å². The van der Waals surface area contributed by atoms with Crippen LogP contribution in [0, 0.1) is 5.92 Å². The minimum Gasteiger partial charge on any atom is -0.414 e. The molecule has 0 aliphatic heterocycles. The van der Waals surface area contributed by atoms with E-state index < -0.39 is 0 Å². The summed E-state index contributed by atoms with van der Waals surface area (Å²) in [5, 5.41) is 9.32. The Kier molecular flexibility index (Phi) is 5.46. The van der Waals surface area contributed by atoms with Crippen molar-refractivity contribution < 1.29 is 4.42 Å². The van der Waals surface area contributed by atoms with Crippen LogP contribution >= 0.6 is 23.4 Å². The average Bonchev–Trinajstić information content (AvgIpc) is 2.92. The topological polar surface area (TPSA) is 64.9 Å². The predicted molar refractivity (Wildman–Crippen MR) is 81.7 cm³/mol. The Bertz CT molecular complexity index is 561. The van der Waals surface area contributed by atoms with E-state index in [4.69, 9.17) is 21.8 Å². The summed E-state index contributed by atoms with van der Waals surface area (Å²) in [6.45, 7) is 4.17. The summed E-state index contributed by atoms with van der Waals surface area (Å²) < 4.78 is 5.60. The van der Waals surface area contributed by atoms with Gasteiger partial charge in [-0.25, -0.2) is 0 Å². The highest BCUT2D eigenvalue weighted by Gasteiger charge is 2.19. The zero-order valence-corrected chi connectivity index (χ0v) is 13.1. The number of thioether (sulfide) groups is 1. The van der Waals surface area contributed by atoms with Crippen molar-refractivity contribution >= 4 is 23.4 Å². The van der Waals surface area contributed by atoms with E-state index in [1.165, 1.54) is 11.8 Å². The molecular weight excluding hydrogens is 294 g/mol. The Morgan fingerprint density at radius 3 is 2.90 bits per heavy atom. The maximum Gasteiger partial charge on any atom is 0.276 e. The van der Waals surface area contributed by atoms with Crippen molar-refractivity contribution in [3.05, 3.63) is 40.7 Å². The van der Waals surface area contributed by atoms with Gasteiger partial charge in [0.05, 0.1) is 6.04 Å². The standard InChI is InChI=1S/C14H18ClN3OS/c1-3-9(2)12(16)13-17-18-14(19-13)20-8-10-5-4-6-11(15)7-10/h4-7,9,12H,3,8,16H2,1-2H3/t9-,12+/m1/s1. The molecule has 0 bridgehead atoms. The SMILES string of the molecule is CC[C@@H](C)[C@H](N)c1nnc(SCc2cccc(Cl)c2)o1. The minimum atomic E-state index is -0.201. The van der Waals surface area contributed by atoms with Gasteiger partial charge in [0.1, 0.15) is 0 Å².